The molecule has 4 rings (SSSR count). The molecule has 0 spiro atoms. The van der Waals surface area contributed by atoms with Crippen LogP contribution in [0.3, 0.4) is 0 Å². The van der Waals surface area contributed by atoms with Crippen LogP contribution in [0.4, 0.5) is 0 Å². The number of ether oxygens (including phenoxy) is 2. The lowest BCUT2D eigenvalue weighted by Crippen LogP contribution is -2.55. The number of hydrogen-bond acceptors (Lipinski definition) is 4. The average Bonchev–Trinajstić information content (AvgIpc) is 3.44. The standard InChI is InChI=1S/C26H38Cl2N2O3/c1-25(2,33-21-11-9-19(10-12-21)22-17-26(22,27)28)24(31)30(15-16-32-3)18-20-7-6-14-29-13-5-4-8-23(20)29/h9-12,20,22-23H,4-8,13-18H2,1-3H3/t20-,22+,23+/m0/s1. The first kappa shape index (κ1) is 25.1. The summed E-state index contributed by atoms with van der Waals surface area (Å²) in [6, 6.07) is 8.41. The van der Waals surface area contributed by atoms with Gasteiger partial charge in [0.15, 0.2) is 5.60 Å². The highest BCUT2D eigenvalue weighted by Crippen LogP contribution is 2.59. The van der Waals surface area contributed by atoms with Crippen molar-refractivity contribution >= 4 is 29.1 Å². The van der Waals surface area contributed by atoms with Crippen molar-refractivity contribution in [3.63, 3.8) is 0 Å². The van der Waals surface area contributed by atoms with Gasteiger partial charge in [0, 0.05) is 32.2 Å². The van der Waals surface area contributed by atoms with Gasteiger partial charge in [0.25, 0.3) is 5.91 Å². The fraction of sp³-hybridized carbons (Fsp3) is 0.731. The molecular weight excluding hydrogens is 459 g/mol. The zero-order valence-corrected chi connectivity index (χ0v) is 21.7. The number of nitrogens with zero attached hydrogens (tertiary/aromatic N) is 2. The molecule has 33 heavy (non-hydrogen) atoms. The van der Waals surface area contributed by atoms with E-state index in [9.17, 15) is 4.79 Å². The molecule has 5 nitrogen and oxygen atoms in total. The van der Waals surface area contributed by atoms with Crippen LogP contribution in [0.2, 0.25) is 0 Å². The number of carbonyl (C=O) groups excluding carboxylic acids is 1. The molecule has 3 fully saturated rings. The third-order valence-corrected chi connectivity index (χ3v) is 8.37. The Bertz CT molecular complexity index is 812. The highest BCUT2D eigenvalue weighted by atomic mass is 35.5. The average molecular weight is 498 g/mol. The van der Waals surface area contributed by atoms with Crippen LogP contribution < -0.4 is 4.74 Å². The summed E-state index contributed by atoms with van der Waals surface area (Å²) in [6.45, 7) is 8.00. The number of rotatable bonds is 9. The Morgan fingerprint density at radius 3 is 2.52 bits per heavy atom. The summed E-state index contributed by atoms with van der Waals surface area (Å²) in [4.78, 5) is 18.3. The van der Waals surface area contributed by atoms with Crippen LogP contribution in [0.5, 0.6) is 5.75 Å². The summed E-state index contributed by atoms with van der Waals surface area (Å²) in [5.74, 6) is 1.37. The number of piperidine rings is 2. The van der Waals surface area contributed by atoms with Gasteiger partial charge in [0.2, 0.25) is 0 Å². The molecule has 3 aliphatic rings. The van der Waals surface area contributed by atoms with E-state index in [0.717, 1.165) is 18.5 Å². The van der Waals surface area contributed by atoms with Crippen LogP contribution in [0.25, 0.3) is 0 Å². The summed E-state index contributed by atoms with van der Waals surface area (Å²) in [6.07, 6.45) is 7.01. The molecule has 7 heteroatoms. The molecule has 1 amide bonds. The predicted octanol–water partition coefficient (Wildman–Crippen LogP) is 5.24. The van der Waals surface area contributed by atoms with Crippen molar-refractivity contribution in [3.8, 4) is 5.75 Å². The van der Waals surface area contributed by atoms with Crippen LogP contribution in [0.1, 0.15) is 63.9 Å². The molecule has 1 aromatic carbocycles. The predicted molar refractivity (Wildman–Crippen MR) is 133 cm³/mol. The second-order valence-electron chi connectivity index (χ2n) is 10.4. The van der Waals surface area contributed by atoms with E-state index < -0.39 is 9.93 Å². The molecule has 1 saturated carbocycles. The maximum atomic E-state index is 13.7. The summed E-state index contributed by atoms with van der Waals surface area (Å²) in [5, 5.41) is 0. The fourth-order valence-electron chi connectivity index (χ4n) is 5.61. The van der Waals surface area contributed by atoms with Gasteiger partial charge >= 0.3 is 0 Å². The normalized spacial score (nSPS) is 27.0. The number of hydrogen-bond donors (Lipinski definition) is 0. The van der Waals surface area contributed by atoms with Gasteiger partial charge in [-0.2, -0.15) is 0 Å². The summed E-state index contributed by atoms with van der Waals surface area (Å²) in [7, 11) is 1.69. The van der Waals surface area contributed by atoms with E-state index >= 15 is 0 Å². The number of halogens is 2. The Labute approximate surface area is 208 Å². The van der Waals surface area contributed by atoms with Crippen molar-refractivity contribution in [1.29, 1.82) is 0 Å². The summed E-state index contributed by atoms with van der Waals surface area (Å²) in [5.41, 5.74) is 0.130. The Morgan fingerprint density at radius 2 is 1.85 bits per heavy atom. The Balaban J connectivity index is 1.42. The van der Waals surface area contributed by atoms with E-state index in [2.05, 4.69) is 4.90 Å². The van der Waals surface area contributed by atoms with Crippen molar-refractivity contribution < 1.29 is 14.3 Å². The van der Waals surface area contributed by atoms with Gasteiger partial charge < -0.3 is 19.3 Å². The Morgan fingerprint density at radius 1 is 1.15 bits per heavy atom. The number of methoxy groups -OCH3 is 1. The first-order valence-electron chi connectivity index (χ1n) is 12.4. The number of carbonyl (C=O) groups is 1. The maximum absolute atomic E-state index is 13.7. The minimum atomic E-state index is -0.974. The number of alkyl halides is 2. The second-order valence-corrected chi connectivity index (χ2v) is 12.0. The third kappa shape index (κ3) is 5.98. The molecular formula is C26H38Cl2N2O3. The maximum Gasteiger partial charge on any atom is 0.266 e. The molecule has 1 aromatic rings. The van der Waals surface area contributed by atoms with Crippen LogP contribution in [-0.4, -0.2) is 71.6 Å². The first-order chi connectivity index (χ1) is 15.7. The lowest BCUT2D eigenvalue weighted by molar-refractivity contribution is -0.147. The van der Waals surface area contributed by atoms with E-state index in [1.165, 1.54) is 45.2 Å². The first-order valence-corrected chi connectivity index (χ1v) is 13.2. The van der Waals surface area contributed by atoms with E-state index in [4.69, 9.17) is 32.7 Å². The zero-order chi connectivity index (χ0) is 23.6. The van der Waals surface area contributed by atoms with E-state index in [1.807, 2.05) is 43.0 Å². The van der Waals surface area contributed by atoms with E-state index in [0.29, 0.717) is 30.9 Å². The molecule has 184 valence electrons. The van der Waals surface area contributed by atoms with Crippen molar-refractivity contribution in [3.05, 3.63) is 29.8 Å². The SMILES string of the molecule is COCCN(C[C@@H]1CCCN2CCCC[C@H]12)C(=O)C(C)(C)Oc1ccc([C@H]2CC2(Cl)Cl)cc1. The second kappa shape index (κ2) is 10.3. The number of amides is 1. The molecule has 0 unspecified atom stereocenters. The molecule has 2 aliphatic heterocycles. The van der Waals surface area contributed by atoms with Crippen molar-refractivity contribution in [2.24, 2.45) is 5.92 Å². The number of fused-ring (bicyclic) bond motifs is 1. The van der Waals surface area contributed by atoms with Crippen LogP contribution >= 0.6 is 23.2 Å². The van der Waals surface area contributed by atoms with Crippen LogP contribution in [-0.2, 0) is 9.53 Å². The minimum Gasteiger partial charge on any atom is -0.478 e. The highest BCUT2D eigenvalue weighted by molar-refractivity contribution is 6.51. The van der Waals surface area contributed by atoms with Gasteiger partial charge in [0.05, 0.1) is 6.61 Å². The van der Waals surface area contributed by atoms with Gasteiger partial charge in [-0.15, -0.1) is 23.2 Å². The molecule has 0 N–H and O–H groups in total. The zero-order valence-electron chi connectivity index (χ0n) is 20.2. The topological polar surface area (TPSA) is 42.0 Å². The van der Waals surface area contributed by atoms with E-state index in [1.54, 1.807) is 7.11 Å². The van der Waals surface area contributed by atoms with Gasteiger partial charge in [0.1, 0.15) is 10.1 Å². The fourth-order valence-corrected chi connectivity index (χ4v) is 6.17. The third-order valence-electron chi connectivity index (χ3n) is 7.53. The Kier molecular flexibility index (Phi) is 7.84. The molecule has 1 aliphatic carbocycles. The van der Waals surface area contributed by atoms with Gasteiger partial charge in [-0.3, -0.25) is 4.79 Å². The van der Waals surface area contributed by atoms with E-state index in [-0.39, 0.29) is 11.8 Å². The Hall–Kier alpha value is -1.01. The van der Waals surface area contributed by atoms with Gasteiger partial charge in [-0.1, -0.05) is 18.6 Å². The summed E-state index contributed by atoms with van der Waals surface area (Å²) < 4.78 is 10.9. The quantitative estimate of drug-likeness (QED) is 0.438. The van der Waals surface area contributed by atoms with Crippen LogP contribution in [0, 0.1) is 5.92 Å². The van der Waals surface area contributed by atoms with Crippen molar-refractivity contribution in [2.45, 2.75) is 74.3 Å². The molecule has 0 bridgehead atoms. The smallest absolute Gasteiger partial charge is 0.266 e. The van der Waals surface area contributed by atoms with Crippen molar-refractivity contribution in [2.75, 3.05) is 39.9 Å². The molecule has 3 atom stereocenters. The summed E-state index contributed by atoms with van der Waals surface area (Å²) >= 11 is 12.4. The lowest BCUT2D eigenvalue weighted by atomic mass is 9.83. The molecule has 2 heterocycles. The lowest BCUT2D eigenvalue weighted by Gasteiger charge is -2.46. The minimum absolute atomic E-state index is 0.0132. The highest BCUT2D eigenvalue weighted by Gasteiger charge is 2.52. The molecule has 0 radical (unpaired) electrons. The van der Waals surface area contributed by atoms with Gasteiger partial charge in [-0.05, 0) is 82.7 Å². The van der Waals surface area contributed by atoms with Crippen LogP contribution in [0.15, 0.2) is 24.3 Å². The molecule has 0 aromatic heterocycles. The number of benzene rings is 1. The molecule has 2 saturated heterocycles. The largest absolute Gasteiger partial charge is 0.478 e. The monoisotopic (exact) mass is 496 g/mol. The van der Waals surface area contributed by atoms with Crippen molar-refractivity contribution in [1.82, 2.24) is 9.80 Å². The van der Waals surface area contributed by atoms with Gasteiger partial charge in [-0.25, -0.2) is 0 Å².